The van der Waals surface area contributed by atoms with E-state index in [2.05, 4.69) is 10.3 Å². The van der Waals surface area contributed by atoms with Crippen LogP contribution in [-0.2, 0) is 17.1 Å². The summed E-state index contributed by atoms with van der Waals surface area (Å²) < 4.78 is 29.3. The van der Waals surface area contributed by atoms with Gasteiger partial charge in [-0.05, 0) is 29.8 Å². The number of aryl methyl sites for hydroxylation is 1. The van der Waals surface area contributed by atoms with Crippen molar-refractivity contribution >= 4 is 27.3 Å². The van der Waals surface area contributed by atoms with E-state index in [1.54, 1.807) is 11.6 Å². The Balaban J connectivity index is 1.64. The molecule has 1 fully saturated rings. The van der Waals surface area contributed by atoms with Crippen LogP contribution in [0.5, 0.6) is 0 Å². The lowest BCUT2D eigenvalue weighted by Gasteiger charge is -2.21. The zero-order chi connectivity index (χ0) is 19.7. The van der Waals surface area contributed by atoms with Crippen molar-refractivity contribution in [2.45, 2.75) is 17.0 Å². The summed E-state index contributed by atoms with van der Waals surface area (Å²) in [6, 6.07) is 17.4. The van der Waals surface area contributed by atoms with Crippen LogP contribution in [0.4, 0.5) is 5.69 Å². The van der Waals surface area contributed by atoms with E-state index in [1.165, 1.54) is 16.8 Å². The number of hydrogen-bond donors (Lipinski definition) is 1. The van der Waals surface area contributed by atoms with Gasteiger partial charge in [-0.3, -0.25) is 0 Å². The summed E-state index contributed by atoms with van der Waals surface area (Å²) in [7, 11) is -1.89. The minimum atomic E-state index is -3.65. The second-order valence-corrected chi connectivity index (χ2v) is 9.30. The predicted octanol–water partition coefficient (Wildman–Crippen LogP) is 3.34. The molecule has 0 saturated carbocycles. The minimum Gasteiger partial charge on any atom is -0.380 e. The van der Waals surface area contributed by atoms with Gasteiger partial charge in [0.25, 0.3) is 10.0 Å². The predicted molar refractivity (Wildman–Crippen MR) is 110 cm³/mol. The van der Waals surface area contributed by atoms with Crippen molar-refractivity contribution in [2.24, 2.45) is 7.05 Å². The molecule has 146 valence electrons. The smallest absolute Gasteiger partial charge is 0.262 e. The van der Waals surface area contributed by atoms with Crippen molar-refractivity contribution in [2.75, 3.05) is 18.4 Å². The molecule has 1 aliphatic heterocycles. The third kappa shape index (κ3) is 3.78. The maximum atomic E-state index is 13.1. The van der Waals surface area contributed by atoms with E-state index in [1.807, 2.05) is 54.6 Å². The topological polar surface area (TPSA) is 67.2 Å². The van der Waals surface area contributed by atoms with Crippen LogP contribution in [0, 0.1) is 0 Å². The first-order valence-electron chi connectivity index (χ1n) is 8.98. The van der Waals surface area contributed by atoms with Gasteiger partial charge in [0.1, 0.15) is 0 Å². The molecule has 2 atom stereocenters. The van der Waals surface area contributed by atoms with Crippen LogP contribution in [0.2, 0.25) is 5.02 Å². The van der Waals surface area contributed by atoms with Crippen LogP contribution >= 0.6 is 11.6 Å². The normalized spacial score (nSPS) is 20.4. The number of halogens is 1. The van der Waals surface area contributed by atoms with E-state index >= 15 is 0 Å². The van der Waals surface area contributed by atoms with E-state index in [0.717, 1.165) is 11.3 Å². The maximum absolute atomic E-state index is 13.1. The average Bonchev–Trinajstić information content (AvgIpc) is 3.32. The van der Waals surface area contributed by atoms with Gasteiger partial charge in [-0.15, -0.1) is 0 Å². The zero-order valence-corrected chi connectivity index (χ0v) is 16.9. The summed E-state index contributed by atoms with van der Waals surface area (Å²) in [6.45, 7) is 0.759. The first-order chi connectivity index (χ1) is 13.4. The van der Waals surface area contributed by atoms with E-state index < -0.39 is 10.0 Å². The van der Waals surface area contributed by atoms with Crippen molar-refractivity contribution in [3.63, 3.8) is 0 Å². The lowest BCUT2D eigenvalue weighted by atomic mass is 9.94. The Labute approximate surface area is 169 Å². The summed E-state index contributed by atoms with van der Waals surface area (Å²) >= 11 is 5.98. The van der Waals surface area contributed by atoms with Crippen molar-refractivity contribution in [1.82, 2.24) is 13.9 Å². The van der Waals surface area contributed by atoms with E-state index in [4.69, 9.17) is 11.6 Å². The van der Waals surface area contributed by atoms with Crippen LogP contribution in [0.25, 0.3) is 0 Å². The number of hydrogen-bond acceptors (Lipinski definition) is 4. The van der Waals surface area contributed by atoms with Crippen molar-refractivity contribution in [3.8, 4) is 0 Å². The molecule has 0 spiro atoms. The number of nitrogens with one attached hydrogen (secondary N) is 1. The molecule has 1 N–H and O–H groups in total. The van der Waals surface area contributed by atoms with Gasteiger partial charge in [0.2, 0.25) is 0 Å². The van der Waals surface area contributed by atoms with Gasteiger partial charge in [-0.2, -0.15) is 4.31 Å². The highest BCUT2D eigenvalue weighted by atomic mass is 35.5. The summed E-state index contributed by atoms with van der Waals surface area (Å²) in [6.07, 6.45) is 3.04. The number of anilines is 1. The molecule has 1 aliphatic rings. The number of aromatic nitrogens is 2. The lowest BCUT2D eigenvalue weighted by Crippen LogP contribution is -2.32. The summed E-state index contributed by atoms with van der Waals surface area (Å²) in [5.41, 5.74) is 2.01. The Morgan fingerprint density at radius 2 is 1.79 bits per heavy atom. The van der Waals surface area contributed by atoms with Crippen molar-refractivity contribution in [1.29, 1.82) is 0 Å². The molecule has 2 aromatic carbocycles. The largest absolute Gasteiger partial charge is 0.380 e. The highest BCUT2D eigenvalue weighted by molar-refractivity contribution is 7.89. The number of sulfonamides is 1. The second-order valence-electron chi connectivity index (χ2n) is 6.97. The highest BCUT2D eigenvalue weighted by Crippen LogP contribution is 2.33. The maximum Gasteiger partial charge on any atom is 0.262 e. The molecular formula is C20H21ClN4O2S. The fourth-order valence-electron chi connectivity index (χ4n) is 3.56. The average molecular weight is 417 g/mol. The van der Waals surface area contributed by atoms with Crippen molar-refractivity contribution in [3.05, 3.63) is 77.7 Å². The monoisotopic (exact) mass is 416 g/mol. The molecule has 0 aliphatic carbocycles. The van der Waals surface area contributed by atoms with E-state index in [0.29, 0.717) is 18.1 Å². The van der Waals surface area contributed by atoms with Crippen LogP contribution in [0.3, 0.4) is 0 Å². The Morgan fingerprint density at radius 3 is 2.43 bits per heavy atom. The standard InChI is InChI=1S/C20H21ClN4O2S/c1-24-13-20(22-14-24)28(26,27)25-11-18(15-5-3-2-4-6-15)19(12-25)23-17-9-7-16(21)8-10-17/h2-10,13-14,18-19,23H,11-12H2,1H3/t18-,19+/m0/s1. The second kappa shape index (κ2) is 7.58. The van der Waals surface area contributed by atoms with Gasteiger partial charge in [-0.1, -0.05) is 41.9 Å². The van der Waals surface area contributed by atoms with Gasteiger partial charge in [0.05, 0.1) is 6.33 Å². The van der Waals surface area contributed by atoms with Crippen LogP contribution in [0.1, 0.15) is 11.5 Å². The molecule has 1 saturated heterocycles. The molecule has 28 heavy (non-hydrogen) atoms. The van der Waals surface area contributed by atoms with Crippen LogP contribution in [-0.4, -0.2) is 41.4 Å². The Bertz CT molecular complexity index is 1050. The Kier molecular flexibility index (Phi) is 5.14. The van der Waals surface area contributed by atoms with Gasteiger partial charge >= 0.3 is 0 Å². The van der Waals surface area contributed by atoms with Gasteiger partial charge in [-0.25, -0.2) is 13.4 Å². The molecule has 0 amide bonds. The molecular weight excluding hydrogens is 396 g/mol. The first-order valence-corrected chi connectivity index (χ1v) is 10.8. The van der Waals surface area contributed by atoms with Gasteiger partial charge < -0.3 is 9.88 Å². The third-order valence-corrected chi connectivity index (χ3v) is 6.97. The molecule has 0 radical (unpaired) electrons. The number of imidazole rings is 1. The van der Waals surface area contributed by atoms with E-state index in [-0.39, 0.29) is 17.0 Å². The molecule has 0 bridgehead atoms. The van der Waals surface area contributed by atoms with Gasteiger partial charge in [0.15, 0.2) is 5.03 Å². The molecule has 6 nitrogen and oxygen atoms in total. The Hall–Kier alpha value is -2.35. The fraction of sp³-hybridized carbons (Fsp3) is 0.250. The number of nitrogens with zero attached hydrogens (tertiary/aromatic N) is 3. The Morgan fingerprint density at radius 1 is 1.07 bits per heavy atom. The lowest BCUT2D eigenvalue weighted by molar-refractivity contribution is 0.468. The van der Waals surface area contributed by atoms with E-state index in [9.17, 15) is 8.42 Å². The number of rotatable bonds is 5. The van der Waals surface area contributed by atoms with Crippen molar-refractivity contribution < 1.29 is 8.42 Å². The molecule has 4 rings (SSSR count). The third-order valence-electron chi connectivity index (χ3n) is 5.00. The number of benzene rings is 2. The SMILES string of the molecule is Cn1cnc(S(=O)(=O)N2C[C@@H](Nc3ccc(Cl)cc3)[C@H](c3ccccc3)C2)c1. The van der Waals surface area contributed by atoms with Gasteiger partial charge in [0, 0.05) is 49.0 Å². The quantitative estimate of drug-likeness (QED) is 0.692. The molecule has 1 aromatic heterocycles. The molecule has 0 unspecified atom stereocenters. The first kappa shape index (κ1) is 19.0. The van der Waals surface area contributed by atoms with Crippen LogP contribution < -0.4 is 5.32 Å². The minimum absolute atomic E-state index is 0.0235. The van der Waals surface area contributed by atoms with Crippen LogP contribution in [0.15, 0.2) is 72.1 Å². The molecule has 3 aromatic rings. The fourth-order valence-corrected chi connectivity index (χ4v) is 5.15. The zero-order valence-electron chi connectivity index (χ0n) is 15.4. The summed E-state index contributed by atoms with van der Waals surface area (Å²) in [5.74, 6) is 0.0235. The summed E-state index contributed by atoms with van der Waals surface area (Å²) in [5, 5.41) is 4.23. The highest BCUT2D eigenvalue weighted by Gasteiger charge is 2.40. The molecule has 8 heteroatoms. The summed E-state index contributed by atoms with van der Waals surface area (Å²) in [4.78, 5) is 4.05. The molecule has 2 heterocycles.